The molecular weight excluding hydrogens is 553 g/mol. The van der Waals surface area contributed by atoms with E-state index in [0.717, 1.165) is 55.2 Å². The van der Waals surface area contributed by atoms with E-state index in [0.29, 0.717) is 32.0 Å². The molecule has 5 aromatic rings. The van der Waals surface area contributed by atoms with E-state index in [2.05, 4.69) is 14.8 Å². The highest BCUT2D eigenvalue weighted by Gasteiger charge is 2.23. The summed E-state index contributed by atoms with van der Waals surface area (Å²) in [5.41, 5.74) is 3.40. The summed E-state index contributed by atoms with van der Waals surface area (Å²) in [7, 11) is 0. The van der Waals surface area contributed by atoms with Gasteiger partial charge in [-0.2, -0.15) is 0 Å². The van der Waals surface area contributed by atoms with Gasteiger partial charge in [-0.3, -0.25) is 19.2 Å². The highest BCUT2D eigenvalue weighted by molar-refractivity contribution is 6.38. The van der Waals surface area contributed by atoms with Gasteiger partial charge in [-0.05, 0) is 36.4 Å². The third-order valence-electron chi connectivity index (χ3n) is 6.98. The van der Waals surface area contributed by atoms with Crippen molar-refractivity contribution in [3.63, 3.8) is 0 Å². The van der Waals surface area contributed by atoms with Crippen LogP contribution in [0.1, 0.15) is 5.69 Å². The number of rotatable bonds is 5. The van der Waals surface area contributed by atoms with Crippen molar-refractivity contribution in [2.75, 3.05) is 31.1 Å². The van der Waals surface area contributed by atoms with E-state index in [9.17, 15) is 4.79 Å². The minimum absolute atomic E-state index is 0.236. The van der Waals surface area contributed by atoms with Crippen LogP contribution in [0.4, 0.5) is 5.82 Å². The molecule has 1 fully saturated rings. The van der Waals surface area contributed by atoms with Crippen LogP contribution in [0.15, 0.2) is 89.9 Å². The average molecular weight is 577 g/mol. The van der Waals surface area contributed by atoms with E-state index in [1.165, 1.54) is 6.07 Å². The summed E-state index contributed by atoms with van der Waals surface area (Å²) in [6, 6.07) is 24.1. The van der Waals surface area contributed by atoms with E-state index in [-0.39, 0.29) is 5.56 Å². The minimum Gasteiger partial charge on any atom is -0.354 e. The van der Waals surface area contributed by atoms with Crippen molar-refractivity contribution in [1.29, 1.82) is 0 Å². The van der Waals surface area contributed by atoms with Crippen LogP contribution in [0, 0.1) is 0 Å². The average Bonchev–Trinajstić information content (AvgIpc) is 2.95. The van der Waals surface area contributed by atoms with Gasteiger partial charge in [-0.15, -0.1) is 0 Å². The van der Waals surface area contributed by atoms with Crippen molar-refractivity contribution in [3.8, 4) is 16.9 Å². The molecule has 1 aliphatic rings. The molecule has 0 saturated carbocycles. The van der Waals surface area contributed by atoms with Gasteiger partial charge in [0.1, 0.15) is 5.82 Å². The lowest BCUT2D eigenvalue weighted by atomic mass is 10.1. The molecule has 2 aromatic carbocycles. The number of hydrogen-bond donors (Lipinski definition) is 0. The van der Waals surface area contributed by atoms with Crippen LogP contribution >= 0.6 is 34.8 Å². The number of fused-ring (bicyclic) bond motifs is 1. The zero-order chi connectivity index (χ0) is 26.9. The second-order valence-electron chi connectivity index (χ2n) is 9.40. The van der Waals surface area contributed by atoms with E-state index >= 15 is 0 Å². The summed E-state index contributed by atoms with van der Waals surface area (Å²) in [6.45, 7) is 4.06. The van der Waals surface area contributed by atoms with E-state index in [1.54, 1.807) is 28.8 Å². The molecule has 6 rings (SSSR count). The third-order valence-corrected chi connectivity index (χ3v) is 7.91. The molecule has 0 aliphatic carbocycles. The Kier molecular flexibility index (Phi) is 7.28. The molecule has 0 amide bonds. The first-order valence-electron chi connectivity index (χ1n) is 12.6. The molecule has 1 aliphatic heterocycles. The number of halogens is 3. The molecule has 1 saturated heterocycles. The Morgan fingerprint density at radius 1 is 0.769 bits per heavy atom. The van der Waals surface area contributed by atoms with Crippen molar-refractivity contribution in [2.24, 2.45) is 0 Å². The molecule has 0 spiro atoms. The predicted molar refractivity (Wildman–Crippen MR) is 160 cm³/mol. The van der Waals surface area contributed by atoms with Gasteiger partial charge in [0.25, 0.3) is 5.56 Å². The molecule has 3 aromatic heterocycles. The summed E-state index contributed by atoms with van der Waals surface area (Å²) in [5, 5.41) is 2.13. The normalized spacial score (nSPS) is 14.2. The molecule has 196 valence electrons. The smallest absolute Gasteiger partial charge is 0.255 e. The highest BCUT2D eigenvalue weighted by atomic mass is 35.5. The van der Waals surface area contributed by atoms with Crippen LogP contribution in [-0.2, 0) is 6.54 Å². The van der Waals surface area contributed by atoms with E-state index < -0.39 is 0 Å². The van der Waals surface area contributed by atoms with E-state index in [4.69, 9.17) is 39.8 Å². The summed E-state index contributed by atoms with van der Waals surface area (Å²) in [4.78, 5) is 27.5. The predicted octanol–water partition coefficient (Wildman–Crippen LogP) is 6.73. The fourth-order valence-corrected chi connectivity index (χ4v) is 5.83. The Balaban J connectivity index is 1.47. The first-order chi connectivity index (χ1) is 19.0. The zero-order valence-electron chi connectivity index (χ0n) is 20.9. The maximum Gasteiger partial charge on any atom is 0.255 e. The van der Waals surface area contributed by atoms with Gasteiger partial charge in [0, 0.05) is 67.0 Å². The third kappa shape index (κ3) is 5.13. The van der Waals surface area contributed by atoms with Gasteiger partial charge in [0.05, 0.1) is 32.6 Å². The minimum atomic E-state index is -0.236. The number of nitrogens with zero attached hydrogens (tertiary/aromatic N) is 5. The first kappa shape index (κ1) is 25.8. The van der Waals surface area contributed by atoms with Crippen molar-refractivity contribution >= 4 is 51.5 Å². The summed E-state index contributed by atoms with van der Waals surface area (Å²) in [6.07, 6.45) is 1.82. The Morgan fingerprint density at radius 3 is 2.21 bits per heavy atom. The number of para-hydroxylation sites is 1. The topological polar surface area (TPSA) is 54.3 Å². The molecule has 0 unspecified atom stereocenters. The van der Waals surface area contributed by atoms with Crippen LogP contribution in [0.2, 0.25) is 15.1 Å². The molecule has 0 N–H and O–H groups in total. The number of anilines is 1. The van der Waals surface area contributed by atoms with Crippen molar-refractivity contribution in [3.05, 3.63) is 116 Å². The fourth-order valence-electron chi connectivity index (χ4n) is 5.04. The van der Waals surface area contributed by atoms with Gasteiger partial charge >= 0.3 is 0 Å². The molecule has 4 heterocycles. The molecule has 0 bridgehead atoms. The number of piperazine rings is 1. The van der Waals surface area contributed by atoms with Crippen LogP contribution in [-0.4, -0.2) is 45.6 Å². The van der Waals surface area contributed by atoms with E-state index in [1.807, 2.05) is 54.7 Å². The maximum absolute atomic E-state index is 13.3. The molecule has 6 nitrogen and oxygen atoms in total. The van der Waals surface area contributed by atoms with Crippen LogP contribution in [0.5, 0.6) is 0 Å². The summed E-state index contributed by atoms with van der Waals surface area (Å²) < 4.78 is 1.57. The zero-order valence-corrected chi connectivity index (χ0v) is 23.2. The fraction of sp³-hybridized carbons (Fsp3) is 0.167. The van der Waals surface area contributed by atoms with Gasteiger partial charge < -0.3 is 4.90 Å². The standard InChI is InChI=1S/C30H24Cl3N5O/c31-23-8-2-1-7-21(23)29-22-11-12-28(39)38(30-24(32)9-5-10-25(30)33)26(22)18-27(35-29)37-16-14-36(15-17-37)19-20-6-3-4-13-34-20/h1-13,18H,14-17,19H2. The highest BCUT2D eigenvalue weighted by Crippen LogP contribution is 2.36. The number of aromatic nitrogens is 3. The van der Waals surface area contributed by atoms with Gasteiger partial charge in [0.15, 0.2) is 0 Å². The lowest BCUT2D eigenvalue weighted by molar-refractivity contribution is 0.246. The lowest BCUT2D eigenvalue weighted by Crippen LogP contribution is -2.46. The molecular formula is C30H24Cl3N5O. The Bertz CT molecular complexity index is 1700. The lowest BCUT2D eigenvalue weighted by Gasteiger charge is -2.35. The quantitative estimate of drug-likeness (QED) is 0.232. The number of benzene rings is 2. The first-order valence-corrected chi connectivity index (χ1v) is 13.8. The van der Waals surface area contributed by atoms with Gasteiger partial charge in [-0.1, -0.05) is 65.1 Å². The van der Waals surface area contributed by atoms with Crippen molar-refractivity contribution in [2.45, 2.75) is 6.54 Å². The maximum atomic E-state index is 13.3. The molecule has 39 heavy (non-hydrogen) atoms. The van der Waals surface area contributed by atoms with Crippen LogP contribution in [0.25, 0.3) is 27.8 Å². The SMILES string of the molecule is O=c1ccc2c(-c3ccccc3Cl)nc(N3CCN(Cc4ccccn4)CC3)cc2n1-c1c(Cl)cccc1Cl. The Hall–Kier alpha value is -3.42. The van der Waals surface area contributed by atoms with Crippen LogP contribution in [0.3, 0.4) is 0 Å². The monoisotopic (exact) mass is 575 g/mol. The number of pyridine rings is 3. The Morgan fingerprint density at radius 2 is 1.49 bits per heavy atom. The largest absolute Gasteiger partial charge is 0.354 e. The second kappa shape index (κ2) is 11.0. The van der Waals surface area contributed by atoms with Crippen molar-refractivity contribution in [1.82, 2.24) is 19.4 Å². The van der Waals surface area contributed by atoms with Gasteiger partial charge in [0.2, 0.25) is 0 Å². The summed E-state index contributed by atoms with van der Waals surface area (Å²) in [5.74, 6) is 0.762. The molecule has 0 atom stereocenters. The second-order valence-corrected chi connectivity index (χ2v) is 10.6. The van der Waals surface area contributed by atoms with Crippen LogP contribution < -0.4 is 10.5 Å². The van der Waals surface area contributed by atoms with Gasteiger partial charge in [-0.25, -0.2) is 4.98 Å². The molecule has 0 radical (unpaired) electrons. The van der Waals surface area contributed by atoms with Crippen molar-refractivity contribution < 1.29 is 0 Å². The number of hydrogen-bond acceptors (Lipinski definition) is 5. The summed E-state index contributed by atoms with van der Waals surface area (Å²) >= 11 is 19.8. The Labute approximate surface area is 241 Å². The molecule has 9 heteroatoms.